The zero-order chi connectivity index (χ0) is 27.0. The van der Waals surface area contributed by atoms with Gasteiger partial charge < -0.3 is 0 Å². The molecular weight excluding hydrogens is 482 g/mol. The lowest BCUT2D eigenvalue weighted by molar-refractivity contribution is 0.591. The van der Waals surface area contributed by atoms with E-state index >= 15 is 0 Å². The third-order valence-corrected chi connectivity index (χ3v) is 8.61. The van der Waals surface area contributed by atoms with E-state index < -0.39 is 0 Å². The van der Waals surface area contributed by atoms with E-state index in [1.54, 1.807) is 0 Å². The minimum absolute atomic E-state index is 0.0838. The molecular formula is C39H29N. The van der Waals surface area contributed by atoms with Gasteiger partial charge in [0, 0.05) is 18.0 Å². The van der Waals surface area contributed by atoms with E-state index in [9.17, 15) is 0 Å². The minimum atomic E-state index is 0.0838. The Balaban J connectivity index is 1.57. The number of hydrogen-bond acceptors (Lipinski definition) is 1. The molecule has 0 saturated carbocycles. The van der Waals surface area contributed by atoms with Gasteiger partial charge in [-0.15, -0.1) is 0 Å². The molecule has 0 unspecified atom stereocenters. The average Bonchev–Trinajstić information content (AvgIpc) is 2.99. The van der Waals surface area contributed by atoms with Crippen molar-refractivity contribution in [1.82, 2.24) is 4.98 Å². The molecule has 0 radical (unpaired) electrons. The van der Waals surface area contributed by atoms with Crippen LogP contribution >= 0.6 is 0 Å². The van der Waals surface area contributed by atoms with Crippen LogP contribution in [0.3, 0.4) is 0 Å². The molecule has 0 N–H and O–H groups in total. The van der Waals surface area contributed by atoms with Gasteiger partial charge in [0.05, 0.1) is 0 Å². The van der Waals surface area contributed by atoms with E-state index in [0.29, 0.717) is 0 Å². The van der Waals surface area contributed by atoms with Crippen molar-refractivity contribution in [2.45, 2.75) is 26.2 Å². The van der Waals surface area contributed by atoms with Crippen LogP contribution in [0.1, 0.15) is 26.3 Å². The monoisotopic (exact) mass is 511 g/mol. The summed E-state index contributed by atoms with van der Waals surface area (Å²) >= 11 is 0. The summed E-state index contributed by atoms with van der Waals surface area (Å²) in [5.41, 5.74) is 6.35. The predicted octanol–water partition coefficient (Wildman–Crippen LogP) is 10.9. The van der Waals surface area contributed by atoms with Crippen LogP contribution < -0.4 is 0 Å². The van der Waals surface area contributed by atoms with Gasteiger partial charge in [-0.3, -0.25) is 4.98 Å². The minimum Gasteiger partial charge on any atom is -0.264 e. The zero-order valence-corrected chi connectivity index (χ0v) is 23.0. The van der Waals surface area contributed by atoms with E-state index in [0.717, 1.165) is 5.56 Å². The van der Waals surface area contributed by atoms with Gasteiger partial charge in [0.2, 0.25) is 0 Å². The van der Waals surface area contributed by atoms with Crippen LogP contribution in [-0.2, 0) is 5.41 Å². The largest absolute Gasteiger partial charge is 0.264 e. The number of hydrogen-bond donors (Lipinski definition) is 0. The van der Waals surface area contributed by atoms with Gasteiger partial charge in [-0.25, -0.2) is 0 Å². The number of pyridine rings is 1. The van der Waals surface area contributed by atoms with E-state index in [2.05, 4.69) is 129 Å². The van der Waals surface area contributed by atoms with Gasteiger partial charge in [0.25, 0.3) is 0 Å². The normalized spacial score (nSPS) is 12.4. The topological polar surface area (TPSA) is 12.9 Å². The lowest BCUT2D eigenvalue weighted by atomic mass is 9.81. The Morgan fingerprint density at radius 1 is 0.475 bits per heavy atom. The maximum atomic E-state index is 4.50. The van der Waals surface area contributed by atoms with Crippen LogP contribution in [0.25, 0.3) is 76.1 Å². The summed E-state index contributed by atoms with van der Waals surface area (Å²) in [6.07, 6.45) is 3.84. The SMILES string of the molecule is CC(C)(C)c1cc2ccc3c(-c4cccnc4)cc(-c4cc5ccccc5c5ccccc45)c4ccc(c1)c2c34. The van der Waals surface area contributed by atoms with Crippen molar-refractivity contribution in [1.29, 1.82) is 0 Å². The van der Waals surface area contributed by atoms with Crippen LogP contribution in [0.15, 0.2) is 122 Å². The summed E-state index contributed by atoms with van der Waals surface area (Å²) in [5, 5.41) is 13.0. The highest BCUT2D eigenvalue weighted by molar-refractivity contribution is 6.29. The van der Waals surface area contributed by atoms with Crippen LogP contribution in [0.4, 0.5) is 0 Å². The van der Waals surface area contributed by atoms with Crippen molar-refractivity contribution in [3.63, 3.8) is 0 Å². The quantitative estimate of drug-likeness (QED) is 0.210. The molecule has 8 rings (SSSR count). The maximum absolute atomic E-state index is 4.50. The molecule has 1 heterocycles. The maximum Gasteiger partial charge on any atom is 0.0346 e. The Kier molecular flexibility index (Phi) is 4.85. The van der Waals surface area contributed by atoms with Crippen molar-refractivity contribution >= 4 is 53.9 Å². The third-order valence-electron chi connectivity index (χ3n) is 8.61. The van der Waals surface area contributed by atoms with Gasteiger partial charge >= 0.3 is 0 Å². The van der Waals surface area contributed by atoms with Crippen LogP contribution in [0.5, 0.6) is 0 Å². The first kappa shape index (κ1) is 23.2. The van der Waals surface area contributed by atoms with Crippen molar-refractivity contribution < 1.29 is 0 Å². The molecule has 0 atom stereocenters. The highest BCUT2D eigenvalue weighted by atomic mass is 14.6. The molecule has 0 fully saturated rings. The molecule has 0 saturated heterocycles. The summed E-state index contributed by atoms with van der Waals surface area (Å²) < 4.78 is 0. The summed E-state index contributed by atoms with van der Waals surface area (Å²) in [6.45, 7) is 6.88. The van der Waals surface area contributed by atoms with E-state index in [4.69, 9.17) is 0 Å². The molecule has 40 heavy (non-hydrogen) atoms. The molecule has 1 aromatic heterocycles. The Labute approximate surface area is 234 Å². The average molecular weight is 512 g/mol. The second-order valence-corrected chi connectivity index (χ2v) is 12.1. The first-order chi connectivity index (χ1) is 19.5. The van der Waals surface area contributed by atoms with Crippen LogP contribution in [-0.4, -0.2) is 4.98 Å². The van der Waals surface area contributed by atoms with Crippen LogP contribution in [0, 0.1) is 0 Å². The summed E-state index contributed by atoms with van der Waals surface area (Å²) in [7, 11) is 0. The molecule has 0 aliphatic carbocycles. The van der Waals surface area contributed by atoms with Gasteiger partial charge in [0.1, 0.15) is 0 Å². The zero-order valence-electron chi connectivity index (χ0n) is 23.0. The molecule has 0 amide bonds. The highest BCUT2D eigenvalue weighted by Crippen LogP contribution is 2.46. The molecule has 0 aliphatic heterocycles. The second-order valence-electron chi connectivity index (χ2n) is 12.1. The molecule has 1 heteroatoms. The van der Waals surface area contributed by atoms with Gasteiger partial charge in [-0.2, -0.15) is 0 Å². The number of rotatable bonds is 2. The molecule has 1 nitrogen and oxygen atoms in total. The first-order valence-corrected chi connectivity index (χ1v) is 14.0. The number of fused-ring (bicyclic) bond motifs is 3. The Bertz CT molecular complexity index is 2210. The summed E-state index contributed by atoms with van der Waals surface area (Å²) in [4.78, 5) is 4.50. The number of aromatic nitrogens is 1. The lowest BCUT2D eigenvalue weighted by Gasteiger charge is -2.23. The molecule has 7 aromatic carbocycles. The van der Waals surface area contributed by atoms with E-state index in [1.807, 2.05) is 18.5 Å². The summed E-state index contributed by atoms with van der Waals surface area (Å²) in [6, 6.07) is 40.7. The molecule has 0 bridgehead atoms. The van der Waals surface area contributed by atoms with Crippen molar-refractivity contribution in [2.24, 2.45) is 0 Å². The number of nitrogens with zero attached hydrogens (tertiary/aromatic N) is 1. The Morgan fingerprint density at radius 3 is 1.82 bits per heavy atom. The predicted molar refractivity (Wildman–Crippen MR) is 173 cm³/mol. The lowest BCUT2D eigenvalue weighted by Crippen LogP contribution is -2.10. The Hall–Kier alpha value is -4.75. The fraction of sp³-hybridized carbons (Fsp3) is 0.103. The fourth-order valence-electron chi connectivity index (χ4n) is 6.61. The van der Waals surface area contributed by atoms with Crippen molar-refractivity contribution in [2.75, 3.05) is 0 Å². The van der Waals surface area contributed by atoms with Gasteiger partial charge in [0.15, 0.2) is 0 Å². The number of benzene rings is 7. The fourth-order valence-corrected chi connectivity index (χ4v) is 6.61. The summed E-state index contributed by atoms with van der Waals surface area (Å²) in [5.74, 6) is 0. The van der Waals surface area contributed by atoms with Gasteiger partial charge in [-0.1, -0.05) is 112 Å². The van der Waals surface area contributed by atoms with Crippen molar-refractivity contribution in [3.8, 4) is 22.3 Å². The standard InChI is InChI=1S/C39H29N/c1-39(2,3)28-19-25-14-16-32-34(27-10-8-18-40-23-27)22-36(33-17-15-26(20-28)37(25)38(32)33)35-21-24-9-4-5-11-29(24)30-12-6-7-13-31(30)35/h4-23H,1-3H3. The van der Waals surface area contributed by atoms with Gasteiger partial charge in [-0.05, 0) is 99.7 Å². The van der Waals surface area contributed by atoms with Crippen LogP contribution in [0.2, 0.25) is 0 Å². The molecule has 0 spiro atoms. The van der Waals surface area contributed by atoms with E-state index in [1.165, 1.54) is 76.1 Å². The van der Waals surface area contributed by atoms with Crippen molar-refractivity contribution in [3.05, 3.63) is 127 Å². The first-order valence-electron chi connectivity index (χ1n) is 14.0. The Morgan fingerprint density at radius 2 is 1.12 bits per heavy atom. The molecule has 190 valence electrons. The molecule has 8 aromatic rings. The third kappa shape index (κ3) is 3.37. The highest BCUT2D eigenvalue weighted by Gasteiger charge is 2.21. The molecule has 0 aliphatic rings. The second kappa shape index (κ2) is 8.37. The van der Waals surface area contributed by atoms with E-state index in [-0.39, 0.29) is 5.41 Å². The smallest absolute Gasteiger partial charge is 0.0346 e.